The molecule has 4 rings (SSSR count). The Labute approximate surface area is 186 Å². The maximum Gasteiger partial charge on any atom is 0.223 e. The predicted octanol–water partition coefficient (Wildman–Crippen LogP) is 6.75. The lowest BCUT2D eigenvalue weighted by molar-refractivity contribution is -0.116. The second-order valence-corrected chi connectivity index (χ2v) is 9.90. The van der Waals surface area contributed by atoms with Crippen LogP contribution in [0.4, 0.5) is 5.69 Å². The third-order valence-corrected chi connectivity index (χ3v) is 6.48. The summed E-state index contributed by atoms with van der Waals surface area (Å²) < 4.78 is 0. The van der Waals surface area contributed by atoms with E-state index in [-0.39, 0.29) is 11.3 Å². The van der Waals surface area contributed by atoms with Crippen LogP contribution >= 0.6 is 0 Å². The molecule has 0 spiro atoms. The molecular weight excluding hydrogens is 378 g/mol. The number of nitrogens with zero attached hydrogens (tertiary/aromatic N) is 1. The third kappa shape index (κ3) is 4.74. The van der Waals surface area contributed by atoms with Gasteiger partial charge in [-0.15, -0.1) is 0 Å². The number of carbonyl (C=O) groups excluding carboxylic acids is 1. The van der Waals surface area contributed by atoms with E-state index < -0.39 is 0 Å². The molecule has 0 bridgehead atoms. The summed E-state index contributed by atoms with van der Waals surface area (Å²) in [6, 6.07) is 26.0. The Kier molecular flexibility index (Phi) is 6.00. The van der Waals surface area contributed by atoms with E-state index in [1.54, 1.807) is 6.92 Å². The van der Waals surface area contributed by atoms with Crippen molar-refractivity contribution >= 4 is 11.6 Å². The van der Waals surface area contributed by atoms with E-state index in [1.165, 1.54) is 27.8 Å². The van der Waals surface area contributed by atoms with E-state index in [9.17, 15) is 4.79 Å². The van der Waals surface area contributed by atoms with Gasteiger partial charge in [-0.1, -0.05) is 93.6 Å². The van der Waals surface area contributed by atoms with Gasteiger partial charge in [0, 0.05) is 13.5 Å². The van der Waals surface area contributed by atoms with Crippen molar-refractivity contribution in [3.63, 3.8) is 0 Å². The van der Waals surface area contributed by atoms with Crippen LogP contribution in [0, 0.1) is 5.41 Å². The number of hydrogen-bond donors (Lipinski definition) is 0. The first kappa shape index (κ1) is 21.4. The van der Waals surface area contributed by atoms with Gasteiger partial charge in [-0.05, 0) is 58.4 Å². The van der Waals surface area contributed by atoms with Crippen molar-refractivity contribution in [2.75, 3.05) is 11.4 Å². The monoisotopic (exact) mass is 411 g/mol. The minimum Gasteiger partial charge on any atom is -0.312 e. The zero-order chi connectivity index (χ0) is 22.0. The molecule has 1 aliphatic heterocycles. The normalized spacial score (nSPS) is 16.1. The number of amides is 1. The van der Waals surface area contributed by atoms with Crippen LogP contribution in [-0.2, 0) is 17.6 Å². The SMILES string of the molecule is CC(=O)N1CCC(C(C)(C)C)c2cc(Cc3ccccc3)cc(Cc3ccccc3)c21. The maximum atomic E-state index is 12.6. The van der Waals surface area contributed by atoms with Crippen molar-refractivity contribution in [2.24, 2.45) is 5.41 Å². The molecule has 31 heavy (non-hydrogen) atoms. The lowest BCUT2D eigenvalue weighted by atomic mass is 9.71. The van der Waals surface area contributed by atoms with Crippen molar-refractivity contribution < 1.29 is 4.79 Å². The third-order valence-electron chi connectivity index (χ3n) is 6.48. The van der Waals surface area contributed by atoms with Crippen LogP contribution in [0.25, 0.3) is 0 Å². The zero-order valence-electron chi connectivity index (χ0n) is 19.2. The van der Waals surface area contributed by atoms with E-state index in [0.29, 0.717) is 5.92 Å². The number of anilines is 1. The average molecular weight is 412 g/mol. The first-order valence-electron chi connectivity index (χ1n) is 11.3. The minimum atomic E-state index is 0.138. The molecule has 160 valence electrons. The molecule has 0 saturated heterocycles. The second-order valence-electron chi connectivity index (χ2n) is 9.90. The molecule has 0 saturated carbocycles. The van der Waals surface area contributed by atoms with E-state index in [0.717, 1.165) is 31.5 Å². The lowest BCUT2D eigenvalue weighted by Gasteiger charge is -2.41. The van der Waals surface area contributed by atoms with Crippen molar-refractivity contribution in [2.45, 2.75) is 52.9 Å². The van der Waals surface area contributed by atoms with Gasteiger partial charge >= 0.3 is 0 Å². The smallest absolute Gasteiger partial charge is 0.223 e. The van der Waals surface area contributed by atoms with Crippen molar-refractivity contribution in [1.29, 1.82) is 0 Å². The Morgan fingerprint density at radius 1 is 0.871 bits per heavy atom. The Morgan fingerprint density at radius 2 is 1.45 bits per heavy atom. The van der Waals surface area contributed by atoms with Crippen LogP contribution in [0.1, 0.15) is 67.9 Å². The van der Waals surface area contributed by atoms with Crippen LogP contribution in [0.2, 0.25) is 0 Å². The van der Waals surface area contributed by atoms with E-state index in [1.807, 2.05) is 4.90 Å². The number of carbonyl (C=O) groups is 1. The summed E-state index contributed by atoms with van der Waals surface area (Å²) in [4.78, 5) is 14.6. The molecule has 1 aliphatic rings. The van der Waals surface area contributed by atoms with Gasteiger partial charge in [0.15, 0.2) is 0 Å². The molecule has 2 nitrogen and oxygen atoms in total. The van der Waals surface area contributed by atoms with Gasteiger partial charge in [-0.3, -0.25) is 4.79 Å². The number of rotatable bonds is 4. The maximum absolute atomic E-state index is 12.6. The summed E-state index contributed by atoms with van der Waals surface area (Å²) in [5.74, 6) is 0.571. The minimum absolute atomic E-state index is 0.138. The molecule has 0 aromatic heterocycles. The summed E-state index contributed by atoms with van der Waals surface area (Å²) in [6.07, 6.45) is 2.76. The highest BCUT2D eigenvalue weighted by atomic mass is 16.2. The Bertz CT molecular complexity index is 1050. The number of benzene rings is 3. The fraction of sp³-hybridized carbons (Fsp3) is 0.345. The molecule has 1 amide bonds. The van der Waals surface area contributed by atoms with Crippen molar-refractivity contribution in [3.05, 3.63) is 101 Å². The van der Waals surface area contributed by atoms with Gasteiger partial charge < -0.3 is 4.90 Å². The standard InChI is InChI=1S/C29H33NO/c1-21(31)30-16-15-27(29(2,3)4)26-20-24(17-22-11-7-5-8-12-22)19-25(28(26)30)18-23-13-9-6-10-14-23/h5-14,19-20,27H,15-18H2,1-4H3. The van der Waals surface area contributed by atoms with Gasteiger partial charge in [-0.25, -0.2) is 0 Å². The van der Waals surface area contributed by atoms with Gasteiger partial charge in [0.05, 0.1) is 5.69 Å². The topological polar surface area (TPSA) is 20.3 Å². The number of fused-ring (bicyclic) bond motifs is 1. The summed E-state index contributed by atoms with van der Waals surface area (Å²) in [7, 11) is 0. The lowest BCUT2D eigenvalue weighted by Crippen LogP contribution is -2.38. The van der Waals surface area contributed by atoms with Gasteiger partial charge in [0.1, 0.15) is 0 Å². The molecule has 0 aliphatic carbocycles. The van der Waals surface area contributed by atoms with Crippen LogP contribution in [0.15, 0.2) is 72.8 Å². The molecule has 0 N–H and O–H groups in total. The van der Waals surface area contributed by atoms with Crippen LogP contribution in [0.3, 0.4) is 0 Å². The van der Waals surface area contributed by atoms with E-state index >= 15 is 0 Å². The van der Waals surface area contributed by atoms with Gasteiger partial charge in [0.2, 0.25) is 5.91 Å². The summed E-state index contributed by atoms with van der Waals surface area (Å²) >= 11 is 0. The Balaban J connectivity index is 1.88. The molecule has 1 atom stereocenters. The average Bonchev–Trinajstić information content (AvgIpc) is 2.73. The highest BCUT2D eigenvalue weighted by molar-refractivity contribution is 5.94. The highest BCUT2D eigenvalue weighted by Crippen LogP contribution is 2.47. The second kappa shape index (κ2) is 8.70. The first-order valence-corrected chi connectivity index (χ1v) is 11.3. The molecule has 0 fully saturated rings. The summed E-state index contributed by atoms with van der Waals surface area (Å²) in [5, 5.41) is 0. The molecule has 3 aromatic carbocycles. The van der Waals surface area contributed by atoms with Crippen molar-refractivity contribution in [1.82, 2.24) is 0 Å². The van der Waals surface area contributed by atoms with E-state index in [2.05, 4.69) is 93.6 Å². The fourth-order valence-electron chi connectivity index (χ4n) is 5.01. The molecule has 2 heteroatoms. The van der Waals surface area contributed by atoms with E-state index in [4.69, 9.17) is 0 Å². The molecule has 0 radical (unpaired) electrons. The van der Waals surface area contributed by atoms with Crippen molar-refractivity contribution in [3.8, 4) is 0 Å². The zero-order valence-corrected chi connectivity index (χ0v) is 19.2. The Hall–Kier alpha value is -2.87. The highest BCUT2D eigenvalue weighted by Gasteiger charge is 2.36. The van der Waals surface area contributed by atoms with Crippen LogP contribution < -0.4 is 4.90 Å². The number of hydrogen-bond acceptors (Lipinski definition) is 1. The predicted molar refractivity (Wildman–Crippen MR) is 130 cm³/mol. The largest absolute Gasteiger partial charge is 0.312 e. The summed E-state index contributed by atoms with van der Waals surface area (Å²) in [6.45, 7) is 9.47. The molecule has 1 heterocycles. The van der Waals surface area contributed by atoms with Gasteiger partial charge in [0.25, 0.3) is 0 Å². The fourth-order valence-corrected chi connectivity index (χ4v) is 5.01. The van der Waals surface area contributed by atoms with Crippen LogP contribution in [0.5, 0.6) is 0 Å². The molecular formula is C29H33NO. The summed E-state index contributed by atoms with van der Waals surface area (Å²) in [5.41, 5.74) is 7.83. The quantitative estimate of drug-likeness (QED) is 0.465. The first-order chi connectivity index (χ1) is 14.8. The molecule has 1 unspecified atom stereocenters. The van der Waals surface area contributed by atoms with Crippen LogP contribution in [-0.4, -0.2) is 12.5 Å². The van der Waals surface area contributed by atoms with Gasteiger partial charge in [-0.2, -0.15) is 0 Å². The Morgan fingerprint density at radius 3 is 2.00 bits per heavy atom. The molecule has 3 aromatic rings.